The molecular weight excluding hydrogens is 226 g/mol. The van der Waals surface area contributed by atoms with E-state index in [0.29, 0.717) is 10.1 Å². The van der Waals surface area contributed by atoms with Crippen LogP contribution in [0.1, 0.15) is 18.5 Å². The molecule has 0 unspecified atom stereocenters. The zero-order valence-corrected chi connectivity index (χ0v) is 9.98. The van der Waals surface area contributed by atoms with E-state index in [1.807, 2.05) is 37.3 Å². The van der Waals surface area contributed by atoms with Crippen LogP contribution >= 0.6 is 24.0 Å². The van der Waals surface area contributed by atoms with Crippen molar-refractivity contribution in [2.24, 2.45) is 0 Å². The molecule has 0 aliphatic carbocycles. The SMILES string of the molecule is C[C@@H](c1ccccc1)N1C(=O)CSC1=S. The van der Waals surface area contributed by atoms with Gasteiger partial charge >= 0.3 is 0 Å². The average molecular weight is 237 g/mol. The van der Waals surface area contributed by atoms with Gasteiger partial charge in [0, 0.05) is 0 Å². The van der Waals surface area contributed by atoms with E-state index in [4.69, 9.17) is 12.2 Å². The lowest BCUT2D eigenvalue weighted by atomic mass is 10.1. The third kappa shape index (κ3) is 2.06. The van der Waals surface area contributed by atoms with E-state index >= 15 is 0 Å². The number of thiocarbonyl (C=S) groups is 1. The summed E-state index contributed by atoms with van der Waals surface area (Å²) in [6.07, 6.45) is 0. The fourth-order valence-electron chi connectivity index (χ4n) is 1.62. The van der Waals surface area contributed by atoms with Crippen LogP contribution in [-0.2, 0) is 4.79 Å². The van der Waals surface area contributed by atoms with Gasteiger partial charge in [-0.25, -0.2) is 0 Å². The standard InChI is InChI=1S/C11H11NOS2/c1-8(9-5-3-2-4-6-9)12-10(13)7-15-11(12)14/h2-6,8H,7H2,1H3/t8-/m0/s1. The molecule has 1 amide bonds. The first-order valence-electron chi connectivity index (χ1n) is 4.74. The van der Waals surface area contributed by atoms with Gasteiger partial charge in [-0.1, -0.05) is 54.3 Å². The molecule has 2 nitrogen and oxygen atoms in total. The number of carbonyl (C=O) groups is 1. The van der Waals surface area contributed by atoms with E-state index in [1.54, 1.807) is 4.90 Å². The molecule has 0 saturated carbocycles. The molecule has 0 N–H and O–H groups in total. The topological polar surface area (TPSA) is 20.3 Å². The van der Waals surface area contributed by atoms with Crippen molar-refractivity contribution in [1.82, 2.24) is 4.90 Å². The van der Waals surface area contributed by atoms with Crippen molar-refractivity contribution >= 4 is 34.2 Å². The molecule has 1 aliphatic heterocycles. The van der Waals surface area contributed by atoms with E-state index in [1.165, 1.54) is 11.8 Å². The summed E-state index contributed by atoms with van der Waals surface area (Å²) in [6.45, 7) is 2.01. The molecule has 1 aromatic carbocycles. The second-order valence-electron chi connectivity index (χ2n) is 3.40. The molecule has 2 rings (SSSR count). The zero-order chi connectivity index (χ0) is 10.8. The van der Waals surface area contributed by atoms with E-state index in [0.717, 1.165) is 5.56 Å². The van der Waals surface area contributed by atoms with Crippen molar-refractivity contribution in [1.29, 1.82) is 0 Å². The second kappa shape index (κ2) is 4.33. The summed E-state index contributed by atoms with van der Waals surface area (Å²) in [4.78, 5) is 13.3. The van der Waals surface area contributed by atoms with Gasteiger partial charge in [0.15, 0.2) is 0 Å². The van der Waals surface area contributed by atoms with Crippen LogP contribution in [0.2, 0.25) is 0 Å². The Morgan fingerprint density at radius 1 is 1.40 bits per heavy atom. The van der Waals surface area contributed by atoms with Crippen LogP contribution in [0.5, 0.6) is 0 Å². The molecule has 1 atom stereocenters. The van der Waals surface area contributed by atoms with Gasteiger partial charge in [0.25, 0.3) is 0 Å². The maximum Gasteiger partial charge on any atom is 0.239 e. The van der Waals surface area contributed by atoms with Gasteiger partial charge in [-0.15, -0.1) is 0 Å². The first-order valence-corrected chi connectivity index (χ1v) is 6.13. The zero-order valence-electron chi connectivity index (χ0n) is 8.34. The van der Waals surface area contributed by atoms with Crippen LogP contribution in [0.3, 0.4) is 0 Å². The Labute approximate surface area is 98.7 Å². The maximum absolute atomic E-state index is 11.6. The molecule has 78 valence electrons. The van der Waals surface area contributed by atoms with E-state index in [2.05, 4.69) is 0 Å². The Balaban J connectivity index is 2.24. The smallest absolute Gasteiger partial charge is 0.239 e. The number of rotatable bonds is 2. The van der Waals surface area contributed by atoms with Crippen molar-refractivity contribution in [2.45, 2.75) is 13.0 Å². The highest BCUT2D eigenvalue weighted by molar-refractivity contribution is 8.23. The van der Waals surface area contributed by atoms with Crippen LogP contribution < -0.4 is 0 Å². The molecule has 0 radical (unpaired) electrons. The molecular formula is C11H11NOS2. The fraction of sp³-hybridized carbons (Fsp3) is 0.273. The third-order valence-electron chi connectivity index (χ3n) is 2.45. The summed E-state index contributed by atoms with van der Waals surface area (Å²) in [6, 6.07) is 9.99. The lowest BCUT2D eigenvalue weighted by molar-refractivity contribution is -0.125. The lowest BCUT2D eigenvalue weighted by Crippen LogP contribution is -2.31. The summed E-state index contributed by atoms with van der Waals surface area (Å²) in [5, 5.41) is 0. The number of hydrogen-bond acceptors (Lipinski definition) is 3. The van der Waals surface area contributed by atoms with Gasteiger partial charge < -0.3 is 0 Å². The largest absolute Gasteiger partial charge is 0.290 e. The van der Waals surface area contributed by atoms with Crippen LogP contribution in [0, 0.1) is 0 Å². The summed E-state index contributed by atoms with van der Waals surface area (Å²) in [7, 11) is 0. The van der Waals surface area contributed by atoms with Gasteiger partial charge in [0.05, 0.1) is 11.8 Å². The molecule has 1 saturated heterocycles. The molecule has 1 fully saturated rings. The van der Waals surface area contributed by atoms with Crippen LogP contribution in [0.25, 0.3) is 0 Å². The molecule has 1 heterocycles. The predicted molar refractivity (Wildman–Crippen MR) is 66.8 cm³/mol. The minimum atomic E-state index is 0.0428. The van der Waals surface area contributed by atoms with E-state index < -0.39 is 0 Å². The Kier molecular flexibility index (Phi) is 3.07. The van der Waals surface area contributed by atoms with Crippen molar-refractivity contribution in [3.8, 4) is 0 Å². The summed E-state index contributed by atoms with van der Waals surface area (Å²) >= 11 is 6.61. The monoisotopic (exact) mass is 237 g/mol. The number of benzene rings is 1. The quantitative estimate of drug-likeness (QED) is 0.737. The van der Waals surface area contributed by atoms with Crippen LogP contribution in [0.4, 0.5) is 0 Å². The number of thioether (sulfide) groups is 1. The maximum atomic E-state index is 11.6. The number of hydrogen-bond donors (Lipinski definition) is 0. The Morgan fingerprint density at radius 2 is 2.07 bits per heavy atom. The van der Waals surface area contributed by atoms with Crippen molar-refractivity contribution in [3.05, 3.63) is 35.9 Å². The Morgan fingerprint density at radius 3 is 2.60 bits per heavy atom. The van der Waals surface area contributed by atoms with Gasteiger partial charge in [-0.05, 0) is 12.5 Å². The van der Waals surface area contributed by atoms with Gasteiger partial charge in [-0.3, -0.25) is 9.69 Å². The van der Waals surface area contributed by atoms with Crippen LogP contribution in [-0.4, -0.2) is 20.9 Å². The van der Waals surface area contributed by atoms with Gasteiger partial charge in [-0.2, -0.15) is 0 Å². The number of carbonyl (C=O) groups excluding carboxylic acids is 1. The second-order valence-corrected chi connectivity index (χ2v) is 5.01. The normalized spacial score (nSPS) is 18.3. The average Bonchev–Trinajstić information content (AvgIpc) is 2.59. The molecule has 15 heavy (non-hydrogen) atoms. The number of amides is 1. The van der Waals surface area contributed by atoms with E-state index in [9.17, 15) is 4.79 Å². The van der Waals surface area contributed by atoms with Crippen molar-refractivity contribution < 1.29 is 4.79 Å². The summed E-state index contributed by atoms with van der Waals surface area (Å²) in [5.74, 6) is 0.595. The van der Waals surface area contributed by atoms with Gasteiger partial charge in [0.1, 0.15) is 4.32 Å². The summed E-state index contributed by atoms with van der Waals surface area (Å²) in [5.41, 5.74) is 1.12. The van der Waals surface area contributed by atoms with Crippen LogP contribution in [0.15, 0.2) is 30.3 Å². The summed E-state index contributed by atoms with van der Waals surface area (Å²) < 4.78 is 0.691. The predicted octanol–water partition coefficient (Wildman–Crippen LogP) is 2.61. The highest BCUT2D eigenvalue weighted by atomic mass is 32.2. The fourth-order valence-corrected chi connectivity index (χ4v) is 2.84. The molecule has 0 aromatic heterocycles. The molecule has 0 spiro atoms. The molecule has 0 bridgehead atoms. The first-order chi connectivity index (χ1) is 7.20. The number of nitrogens with zero attached hydrogens (tertiary/aromatic N) is 1. The van der Waals surface area contributed by atoms with Crippen molar-refractivity contribution in [3.63, 3.8) is 0 Å². The van der Waals surface area contributed by atoms with E-state index in [-0.39, 0.29) is 11.9 Å². The molecule has 4 heteroatoms. The Hall–Kier alpha value is -0.870. The lowest BCUT2D eigenvalue weighted by Gasteiger charge is -2.23. The Bertz CT molecular complexity index is 375. The highest BCUT2D eigenvalue weighted by Gasteiger charge is 2.31. The third-order valence-corrected chi connectivity index (χ3v) is 3.84. The van der Waals surface area contributed by atoms with Crippen molar-refractivity contribution in [2.75, 3.05) is 5.75 Å². The first kappa shape index (κ1) is 10.6. The minimum absolute atomic E-state index is 0.0428. The highest BCUT2D eigenvalue weighted by Crippen LogP contribution is 2.29. The molecule has 1 aromatic rings. The van der Waals surface area contributed by atoms with Gasteiger partial charge in [0.2, 0.25) is 5.91 Å². The minimum Gasteiger partial charge on any atom is -0.290 e. The molecule has 1 aliphatic rings.